The van der Waals surface area contributed by atoms with Gasteiger partial charge in [-0.1, -0.05) is 11.8 Å². The van der Waals surface area contributed by atoms with E-state index in [2.05, 4.69) is 21.6 Å². The number of amidine groups is 1. The molecule has 0 fully saturated rings. The van der Waals surface area contributed by atoms with E-state index in [0.717, 1.165) is 24.7 Å². The quantitative estimate of drug-likeness (QED) is 0.834. The topological polar surface area (TPSA) is 42.2 Å². The van der Waals surface area contributed by atoms with E-state index >= 15 is 0 Å². The maximum Gasteiger partial charge on any atom is 0.156 e. The Bertz CT molecular complexity index is 345. The van der Waals surface area contributed by atoms with Gasteiger partial charge in [0.2, 0.25) is 0 Å². The fourth-order valence-electron chi connectivity index (χ4n) is 1.48. The van der Waals surface area contributed by atoms with Gasteiger partial charge < -0.3 is 5.32 Å². The fourth-order valence-corrected chi connectivity index (χ4v) is 2.33. The molecule has 15 heavy (non-hydrogen) atoms. The molecule has 0 unspecified atom stereocenters. The van der Waals surface area contributed by atoms with Crippen molar-refractivity contribution in [3.8, 4) is 0 Å². The third kappa shape index (κ3) is 3.27. The predicted octanol–water partition coefficient (Wildman–Crippen LogP) is 1.05. The van der Waals surface area contributed by atoms with Crippen LogP contribution in [0.15, 0.2) is 17.4 Å². The number of nitrogens with one attached hydrogen (secondary N) is 1. The van der Waals surface area contributed by atoms with E-state index in [-0.39, 0.29) is 0 Å². The van der Waals surface area contributed by atoms with Gasteiger partial charge in [-0.25, -0.2) is 0 Å². The van der Waals surface area contributed by atoms with Crippen molar-refractivity contribution in [3.63, 3.8) is 0 Å². The van der Waals surface area contributed by atoms with Crippen molar-refractivity contribution >= 4 is 16.9 Å². The summed E-state index contributed by atoms with van der Waals surface area (Å²) in [4.78, 5) is 4.41. The number of aryl methyl sites for hydroxylation is 1. The summed E-state index contributed by atoms with van der Waals surface area (Å²) in [5, 5.41) is 8.59. The first-order valence-corrected chi connectivity index (χ1v) is 6.22. The number of hydrogen-bond donors (Lipinski definition) is 1. The van der Waals surface area contributed by atoms with E-state index in [4.69, 9.17) is 0 Å². The number of nitrogens with zero attached hydrogens (tertiary/aromatic N) is 3. The molecule has 0 saturated carbocycles. The van der Waals surface area contributed by atoms with Gasteiger partial charge in [-0.05, 0) is 18.4 Å². The second-order valence-electron chi connectivity index (χ2n) is 3.59. The molecular weight excluding hydrogens is 208 g/mol. The van der Waals surface area contributed by atoms with Gasteiger partial charge in [0.15, 0.2) is 5.17 Å². The van der Waals surface area contributed by atoms with Gasteiger partial charge in [-0.2, -0.15) is 5.10 Å². The van der Waals surface area contributed by atoms with E-state index in [0.29, 0.717) is 0 Å². The lowest BCUT2D eigenvalue weighted by Gasteiger charge is -2.12. The molecule has 0 bridgehead atoms. The zero-order chi connectivity index (χ0) is 10.5. The van der Waals surface area contributed by atoms with Crippen molar-refractivity contribution in [3.05, 3.63) is 18.0 Å². The van der Waals surface area contributed by atoms with Gasteiger partial charge >= 0.3 is 0 Å². The molecular formula is C10H16N4S. The van der Waals surface area contributed by atoms with Gasteiger partial charge in [0.05, 0.1) is 6.20 Å². The molecule has 1 aliphatic rings. The molecule has 4 nitrogen and oxygen atoms in total. The summed E-state index contributed by atoms with van der Waals surface area (Å²) >= 11 is 1.82. The first-order chi connectivity index (χ1) is 7.34. The molecule has 1 aliphatic heterocycles. The monoisotopic (exact) mass is 224 g/mol. The van der Waals surface area contributed by atoms with Crippen LogP contribution >= 0.6 is 11.8 Å². The first kappa shape index (κ1) is 10.5. The molecule has 2 rings (SSSR count). The van der Waals surface area contributed by atoms with Crippen molar-refractivity contribution < 1.29 is 0 Å². The molecule has 0 spiro atoms. The predicted molar refractivity (Wildman–Crippen MR) is 64.3 cm³/mol. The maximum atomic E-state index is 4.41. The Morgan fingerprint density at radius 2 is 2.53 bits per heavy atom. The molecule has 0 aliphatic carbocycles. The van der Waals surface area contributed by atoms with Gasteiger partial charge in [-0.15, -0.1) is 0 Å². The molecule has 0 atom stereocenters. The Kier molecular flexibility index (Phi) is 3.66. The van der Waals surface area contributed by atoms with Gasteiger partial charge in [0.1, 0.15) is 0 Å². The molecule has 0 amide bonds. The second kappa shape index (κ2) is 5.21. The van der Waals surface area contributed by atoms with Crippen LogP contribution in [-0.2, 0) is 13.5 Å². The molecule has 0 radical (unpaired) electrons. The van der Waals surface area contributed by atoms with Crippen LogP contribution in [0.2, 0.25) is 0 Å². The van der Waals surface area contributed by atoms with Crippen LogP contribution in [0.25, 0.3) is 0 Å². The molecule has 82 valence electrons. The van der Waals surface area contributed by atoms with Crippen molar-refractivity contribution in [2.45, 2.75) is 12.8 Å². The molecule has 2 heterocycles. The molecule has 0 aromatic carbocycles. The van der Waals surface area contributed by atoms with E-state index in [1.807, 2.05) is 29.7 Å². The summed E-state index contributed by atoms with van der Waals surface area (Å²) in [5.41, 5.74) is 1.27. The Balaban J connectivity index is 1.72. The minimum Gasteiger partial charge on any atom is -0.365 e. The summed E-state index contributed by atoms with van der Waals surface area (Å²) in [7, 11) is 1.94. The third-order valence-corrected chi connectivity index (χ3v) is 3.28. The van der Waals surface area contributed by atoms with Crippen LogP contribution in [0, 0.1) is 0 Å². The van der Waals surface area contributed by atoms with E-state index in [1.54, 1.807) is 0 Å². The Morgan fingerprint density at radius 3 is 3.20 bits per heavy atom. The first-order valence-electron chi connectivity index (χ1n) is 5.23. The van der Waals surface area contributed by atoms with E-state index in [9.17, 15) is 0 Å². The zero-order valence-corrected chi connectivity index (χ0v) is 9.76. The maximum absolute atomic E-state index is 4.41. The van der Waals surface area contributed by atoms with Crippen molar-refractivity contribution in [2.75, 3.05) is 18.8 Å². The SMILES string of the molecule is Cn1cc(CCNC2=NCCCS2)cn1. The molecule has 0 saturated heterocycles. The minimum absolute atomic E-state index is 0.942. The van der Waals surface area contributed by atoms with Crippen LogP contribution in [0.5, 0.6) is 0 Å². The number of aliphatic imine (C=N–C) groups is 1. The van der Waals surface area contributed by atoms with Crippen LogP contribution < -0.4 is 5.32 Å². The summed E-state index contributed by atoms with van der Waals surface area (Å²) in [6.45, 7) is 1.92. The van der Waals surface area contributed by atoms with Gasteiger partial charge in [-0.3, -0.25) is 9.67 Å². The third-order valence-electron chi connectivity index (χ3n) is 2.24. The van der Waals surface area contributed by atoms with E-state index < -0.39 is 0 Å². The lowest BCUT2D eigenvalue weighted by atomic mass is 10.2. The van der Waals surface area contributed by atoms with Crippen molar-refractivity contribution in [2.24, 2.45) is 12.0 Å². The Hall–Kier alpha value is -0.970. The normalized spacial score (nSPS) is 16.2. The fraction of sp³-hybridized carbons (Fsp3) is 0.600. The van der Waals surface area contributed by atoms with Crippen molar-refractivity contribution in [1.29, 1.82) is 0 Å². The van der Waals surface area contributed by atoms with Crippen LogP contribution in [0.1, 0.15) is 12.0 Å². The summed E-state index contributed by atoms with van der Waals surface area (Å²) in [6, 6.07) is 0. The minimum atomic E-state index is 0.942. The highest BCUT2D eigenvalue weighted by molar-refractivity contribution is 8.13. The summed E-state index contributed by atoms with van der Waals surface area (Å²) in [5.74, 6) is 1.19. The van der Waals surface area contributed by atoms with E-state index in [1.165, 1.54) is 17.7 Å². The number of thioether (sulfide) groups is 1. The van der Waals surface area contributed by atoms with Crippen LogP contribution in [-0.4, -0.2) is 33.8 Å². The molecule has 1 aromatic rings. The van der Waals surface area contributed by atoms with Gasteiger partial charge in [0.25, 0.3) is 0 Å². The lowest BCUT2D eigenvalue weighted by molar-refractivity contribution is 0.766. The standard InChI is InChI=1S/C10H16N4S/c1-14-8-9(7-13-14)3-5-12-10-11-4-2-6-15-10/h7-8H,2-6H2,1H3,(H,11,12). The number of hydrogen-bond acceptors (Lipinski definition) is 4. The molecule has 5 heteroatoms. The summed E-state index contributed by atoms with van der Waals surface area (Å²) in [6.07, 6.45) is 6.18. The molecule has 1 aromatic heterocycles. The van der Waals surface area contributed by atoms with Gasteiger partial charge in [0, 0.05) is 32.1 Å². The summed E-state index contributed by atoms with van der Waals surface area (Å²) < 4.78 is 1.84. The Morgan fingerprint density at radius 1 is 1.60 bits per heavy atom. The average Bonchev–Trinajstić information content (AvgIpc) is 2.66. The van der Waals surface area contributed by atoms with Crippen LogP contribution in [0.4, 0.5) is 0 Å². The average molecular weight is 224 g/mol. The highest BCUT2D eigenvalue weighted by atomic mass is 32.2. The Labute approximate surface area is 94.2 Å². The smallest absolute Gasteiger partial charge is 0.156 e. The largest absolute Gasteiger partial charge is 0.365 e. The highest BCUT2D eigenvalue weighted by Gasteiger charge is 2.04. The highest BCUT2D eigenvalue weighted by Crippen LogP contribution is 2.09. The van der Waals surface area contributed by atoms with Crippen LogP contribution in [0.3, 0.4) is 0 Å². The second-order valence-corrected chi connectivity index (χ2v) is 4.67. The number of aromatic nitrogens is 2. The zero-order valence-electron chi connectivity index (χ0n) is 8.94. The lowest BCUT2D eigenvalue weighted by Crippen LogP contribution is -2.25. The number of rotatable bonds is 3. The molecule has 1 N–H and O–H groups in total. The van der Waals surface area contributed by atoms with Crippen molar-refractivity contribution in [1.82, 2.24) is 15.1 Å².